The normalized spacial score (nSPS) is 31.1. The average molecular weight is 295 g/mol. The van der Waals surface area contributed by atoms with Crippen LogP contribution < -0.4 is 5.32 Å². The second-order valence-corrected chi connectivity index (χ2v) is 7.88. The zero-order chi connectivity index (χ0) is 15.1. The molecule has 2 rings (SSSR count). The molecule has 2 heteroatoms. The summed E-state index contributed by atoms with van der Waals surface area (Å²) in [7, 11) is 0. The predicted octanol–water partition coefficient (Wildman–Crippen LogP) is 4.45. The monoisotopic (exact) mass is 294 g/mol. The van der Waals surface area contributed by atoms with Crippen molar-refractivity contribution in [3.05, 3.63) is 0 Å². The standard InChI is InChI=1S/C19H38N2/c1-4-13-20-15-19(12-8-9-17(3)14-19)16-21(5-2)18-10-6-7-11-18/h17-18,20H,4-16H2,1-3H3. The first-order chi connectivity index (χ1) is 10.2. The summed E-state index contributed by atoms with van der Waals surface area (Å²) in [6.45, 7) is 12.1. The molecule has 0 saturated heterocycles. The highest BCUT2D eigenvalue weighted by Gasteiger charge is 2.37. The van der Waals surface area contributed by atoms with Crippen molar-refractivity contribution < 1.29 is 0 Å². The molecule has 0 aromatic rings. The van der Waals surface area contributed by atoms with Gasteiger partial charge in [-0.05, 0) is 56.5 Å². The van der Waals surface area contributed by atoms with E-state index in [-0.39, 0.29) is 0 Å². The quantitative estimate of drug-likeness (QED) is 0.665. The van der Waals surface area contributed by atoms with E-state index in [2.05, 4.69) is 31.0 Å². The third kappa shape index (κ3) is 4.96. The molecule has 0 aromatic heterocycles. The molecular formula is C19H38N2. The first-order valence-electron chi connectivity index (χ1n) is 9.64. The van der Waals surface area contributed by atoms with E-state index in [1.807, 2.05) is 0 Å². The molecule has 2 aliphatic carbocycles. The lowest BCUT2D eigenvalue weighted by Crippen LogP contribution is -2.49. The summed E-state index contributed by atoms with van der Waals surface area (Å²) < 4.78 is 0. The van der Waals surface area contributed by atoms with Crippen LogP contribution in [0.4, 0.5) is 0 Å². The highest BCUT2D eigenvalue weighted by Crippen LogP contribution is 2.40. The number of nitrogens with zero attached hydrogens (tertiary/aromatic N) is 1. The van der Waals surface area contributed by atoms with Crippen molar-refractivity contribution in [2.24, 2.45) is 11.3 Å². The first-order valence-corrected chi connectivity index (χ1v) is 9.64. The van der Waals surface area contributed by atoms with Crippen LogP contribution in [0.3, 0.4) is 0 Å². The van der Waals surface area contributed by atoms with Gasteiger partial charge in [0.25, 0.3) is 0 Å². The predicted molar refractivity (Wildman–Crippen MR) is 92.7 cm³/mol. The fraction of sp³-hybridized carbons (Fsp3) is 1.00. The SMILES string of the molecule is CCCNCC1(CN(CC)C2CCCC2)CCCC(C)C1. The summed E-state index contributed by atoms with van der Waals surface area (Å²) in [6, 6.07) is 0.885. The zero-order valence-corrected chi connectivity index (χ0v) is 14.8. The third-order valence-corrected chi connectivity index (χ3v) is 5.90. The molecule has 2 saturated carbocycles. The lowest BCUT2D eigenvalue weighted by Gasteiger charge is -2.45. The molecule has 2 fully saturated rings. The maximum absolute atomic E-state index is 3.76. The van der Waals surface area contributed by atoms with E-state index in [1.54, 1.807) is 0 Å². The summed E-state index contributed by atoms with van der Waals surface area (Å²) in [6.07, 6.45) is 12.8. The Bertz CT molecular complexity index is 285. The summed E-state index contributed by atoms with van der Waals surface area (Å²) in [5.74, 6) is 0.921. The largest absolute Gasteiger partial charge is 0.316 e. The van der Waals surface area contributed by atoms with E-state index >= 15 is 0 Å². The van der Waals surface area contributed by atoms with Gasteiger partial charge in [0, 0.05) is 19.1 Å². The lowest BCUT2D eigenvalue weighted by atomic mass is 9.69. The summed E-state index contributed by atoms with van der Waals surface area (Å²) in [4.78, 5) is 2.83. The molecule has 0 amide bonds. The topological polar surface area (TPSA) is 15.3 Å². The van der Waals surface area contributed by atoms with Gasteiger partial charge in [-0.15, -0.1) is 0 Å². The van der Waals surface area contributed by atoms with E-state index < -0.39 is 0 Å². The van der Waals surface area contributed by atoms with Gasteiger partial charge in [-0.2, -0.15) is 0 Å². The second-order valence-electron chi connectivity index (χ2n) is 7.88. The summed E-state index contributed by atoms with van der Waals surface area (Å²) >= 11 is 0. The Kier molecular flexibility index (Phi) is 7.01. The van der Waals surface area contributed by atoms with Crippen molar-refractivity contribution in [1.29, 1.82) is 0 Å². The maximum Gasteiger partial charge on any atom is 0.00953 e. The van der Waals surface area contributed by atoms with Crippen molar-refractivity contribution in [3.8, 4) is 0 Å². The molecule has 21 heavy (non-hydrogen) atoms. The Morgan fingerprint density at radius 3 is 2.48 bits per heavy atom. The van der Waals surface area contributed by atoms with Crippen LogP contribution in [0.1, 0.15) is 78.6 Å². The summed E-state index contributed by atoms with van der Waals surface area (Å²) in [5, 5.41) is 3.76. The van der Waals surface area contributed by atoms with E-state index in [0.29, 0.717) is 5.41 Å². The minimum Gasteiger partial charge on any atom is -0.316 e. The number of hydrogen-bond donors (Lipinski definition) is 1. The third-order valence-electron chi connectivity index (χ3n) is 5.90. The minimum absolute atomic E-state index is 0.547. The van der Waals surface area contributed by atoms with Crippen molar-refractivity contribution in [2.45, 2.75) is 84.6 Å². The van der Waals surface area contributed by atoms with Crippen molar-refractivity contribution in [2.75, 3.05) is 26.2 Å². The van der Waals surface area contributed by atoms with Crippen LogP contribution in [0, 0.1) is 11.3 Å². The Morgan fingerprint density at radius 2 is 1.86 bits per heavy atom. The number of hydrogen-bond acceptors (Lipinski definition) is 2. The number of rotatable bonds is 8. The molecule has 0 heterocycles. The molecule has 124 valence electrons. The fourth-order valence-corrected chi connectivity index (χ4v) is 4.86. The van der Waals surface area contributed by atoms with Gasteiger partial charge in [-0.25, -0.2) is 0 Å². The smallest absolute Gasteiger partial charge is 0.00953 e. The molecule has 0 radical (unpaired) electrons. The molecule has 0 aliphatic heterocycles. The molecule has 2 nitrogen and oxygen atoms in total. The molecule has 2 atom stereocenters. The molecule has 1 N–H and O–H groups in total. The second kappa shape index (κ2) is 8.53. The van der Waals surface area contributed by atoms with Crippen LogP contribution >= 0.6 is 0 Å². The van der Waals surface area contributed by atoms with Crippen LogP contribution in [0.15, 0.2) is 0 Å². The van der Waals surface area contributed by atoms with E-state index in [4.69, 9.17) is 0 Å². The lowest BCUT2D eigenvalue weighted by molar-refractivity contribution is 0.0616. The van der Waals surface area contributed by atoms with E-state index in [0.717, 1.165) is 12.0 Å². The fourth-order valence-electron chi connectivity index (χ4n) is 4.86. The zero-order valence-electron chi connectivity index (χ0n) is 14.8. The van der Waals surface area contributed by atoms with E-state index in [1.165, 1.54) is 84.0 Å². The minimum atomic E-state index is 0.547. The van der Waals surface area contributed by atoms with Gasteiger partial charge in [-0.1, -0.05) is 46.5 Å². The van der Waals surface area contributed by atoms with Crippen molar-refractivity contribution >= 4 is 0 Å². The molecular weight excluding hydrogens is 256 g/mol. The Balaban J connectivity index is 1.98. The van der Waals surface area contributed by atoms with Crippen LogP contribution in [-0.2, 0) is 0 Å². The van der Waals surface area contributed by atoms with Gasteiger partial charge < -0.3 is 10.2 Å². The Labute approximate surface area is 133 Å². The van der Waals surface area contributed by atoms with Crippen molar-refractivity contribution in [3.63, 3.8) is 0 Å². The number of nitrogens with one attached hydrogen (secondary N) is 1. The van der Waals surface area contributed by atoms with Gasteiger partial charge in [0.15, 0.2) is 0 Å². The van der Waals surface area contributed by atoms with Gasteiger partial charge in [0.05, 0.1) is 0 Å². The molecule has 0 spiro atoms. The molecule has 0 aromatic carbocycles. The summed E-state index contributed by atoms with van der Waals surface area (Å²) in [5.41, 5.74) is 0.547. The highest BCUT2D eigenvalue weighted by molar-refractivity contribution is 4.92. The van der Waals surface area contributed by atoms with Crippen LogP contribution in [0.2, 0.25) is 0 Å². The van der Waals surface area contributed by atoms with Crippen LogP contribution in [-0.4, -0.2) is 37.1 Å². The Morgan fingerprint density at radius 1 is 1.10 bits per heavy atom. The van der Waals surface area contributed by atoms with Gasteiger partial charge in [-0.3, -0.25) is 0 Å². The Hall–Kier alpha value is -0.0800. The molecule has 0 bridgehead atoms. The average Bonchev–Trinajstić information content (AvgIpc) is 2.99. The van der Waals surface area contributed by atoms with Crippen LogP contribution in [0.5, 0.6) is 0 Å². The highest BCUT2D eigenvalue weighted by atomic mass is 15.2. The van der Waals surface area contributed by atoms with Gasteiger partial charge in [0.1, 0.15) is 0 Å². The van der Waals surface area contributed by atoms with Crippen LogP contribution in [0.25, 0.3) is 0 Å². The first kappa shape index (κ1) is 17.3. The van der Waals surface area contributed by atoms with Gasteiger partial charge in [0.2, 0.25) is 0 Å². The molecule has 2 aliphatic rings. The van der Waals surface area contributed by atoms with Gasteiger partial charge >= 0.3 is 0 Å². The van der Waals surface area contributed by atoms with E-state index in [9.17, 15) is 0 Å². The van der Waals surface area contributed by atoms with Crippen molar-refractivity contribution in [1.82, 2.24) is 10.2 Å². The molecule has 2 unspecified atom stereocenters. The maximum atomic E-state index is 3.76.